The largest absolute Gasteiger partial charge is 0.457 e. The van der Waals surface area contributed by atoms with Crippen molar-refractivity contribution in [3.05, 3.63) is 77.4 Å². The van der Waals surface area contributed by atoms with E-state index in [-0.39, 0.29) is 5.97 Å². The zero-order chi connectivity index (χ0) is 13.7. The molecule has 2 heteroatoms. The summed E-state index contributed by atoms with van der Waals surface area (Å²) in [6.07, 6.45) is 1.76. The van der Waals surface area contributed by atoms with E-state index in [2.05, 4.69) is 6.58 Å². The number of ether oxygens (including phenoxy) is 1. The minimum atomic E-state index is -0.294. The molecule has 2 aromatic carbocycles. The molecule has 2 nitrogen and oxygen atoms in total. The Morgan fingerprint density at radius 1 is 1.21 bits per heavy atom. The van der Waals surface area contributed by atoms with E-state index in [0.29, 0.717) is 12.2 Å². The lowest BCUT2D eigenvalue weighted by Crippen LogP contribution is -2.07. The quantitative estimate of drug-likeness (QED) is 0.769. The van der Waals surface area contributed by atoms with E-state index >= 15 is 0 Å². The Hall–Kier alpha value is -2.35. The third-order valence-electron chi connectivity index (χ3n) is 2.92. The molecule has 0 heterocycles. The van der Waals surface area contributed by atoms with E-state index < -0.39 is 0 Å². The number of hydrogen-bond acceptors (Lipinski definition) is 2. The number of aryl methyl sites for hydroxylation is 1. The Bertz CT molecular complexity index is 585. The van der Waals surface area contributed by atoms with Crippen molar-refractivity contribution in [1.29, 1.82) is 0 Å². The maximum atomic E-state index is 12.0. The summed E-state index contributed by atoms with van der Waals surface area (Å²) in [5.74, 6) is -0.294. The van der Waals surface area contributed by atoms with Gasteiger partial charge < -0.3 is 4.74 Å². The van der Waals surface area contributed by atoms with Gasteiger partial charge in [0.05, 0.1) is 5.56 Å². The predicted octanol–water partition coefficient (Wildman–Crippen LogP) is 4.00. The Morgan fingerprint density at radius 3 is 2.58 bits per heavy atom. The van der Waals surface area contributed by atoms with E-state index in [1.165, 1.54) is 0 Å². The Balaban J connectivity index is 2.06. The summed E-state index contributed by atoms with van der Waals surface area (Å²) in [4.78, 5) is 12.0. The van der Waals surface area contributed by atoms with E-state index in [4.69, 9.17) is 4.74 Å². The summed E-state index contributed by atoms with van der Waals surface area (Å²) in [6.45, 7) is 5.90. The fraction of sp³-hybridized carbons (Fsp3) is 0.118. The lowest BCUT2D eigenvalue weighted by molar-refractivity contribution is 0.0472. The molecule has 2 rings (SSSR count). The van der Waals surface area contributed by atoms with E-state index in [1.807, 2.05) is 49.4 Å². The molecule has 0 unspecified atom stereocenters. The zero-order valence-corrected chi connectivity index (χ0v) is 10.9. The molecule has 0 N–H and O–H groups in total. The van der Waals surface area contributed by atoms with Crippen molar-refractivity contribution in [3.63, 3.8) is 0 Å². The highest BCUT2D eigenvalue weighted by Gasteiger charge is 2.10. The fourth-order valence-corrected chi connectivity index (χ4v) is 1.84. The van der Waals surface area contributed by atoms with Gasteiger partial charge in [0.15, 0.2) is 0 Å². The Kier molecular flexibility index (Phi) is 4.14. The van der Waals surface area contributed by atoms with Crippen molar-refractivity contribution in [3.8, 4) is 0 Å². The first-order valence-corrected chi connectivity index (χ1v) is 6.15. The zero-order valence-electron chi connectivity index (χ0n) is 10.9. The van der Waals surface area contributed by atoms with Crippen molar-refractivity contribution in [1.82, 2.24) is 0 Å². The molecule has 0 aliphatic heterocycles. The van der Waals surface area contributed by atoms with Gasteiger partial charge in [-0.2, -0.15) is 0 Å². The monoisotopic (exact) mass is 252 g/mol. The number of hydrogen-bond donors (Lipinski definition) is 0. The topological polar surface area (TPSA) is 26.3 Å². The summed E-state index contributed by atoms with van der Waals surface area (Å²) in [6, 6.07) is 15.2. The summed E-state index contributed by atoms with van der Waals surface area (Å²) in [7, 11) is 0. The van der Waals surface area contributed by atoms with Gasteiger partial charge in [0.1, 0.15) is 6.61 Å². The molecule has 0 aromatic heterocycles. The molecule has 0 radical (unpaired) electrons. The first kappa shape index (κ1) is 13.1. The average molecular weight is 252 g/mol. The van der Waals surface area contributed by atoms with Crippen LogP contribution >= 0.6 is 0 Å². The summed E-state index contributed by atoms with van der Waals surface area (Å²) >= 11 is 0. The van der Waals surface area contributed by atoms with Crippen LogP contribution in [0.25, 0.3) is 6.08 Å². The van der Waals surface area contributed by atoms with Gasteiger partial charge >= 0.3 is 5.97 Å². The minimum absolute atomic E-state index is 0.294. The molecule has 0 saturated carbocycles. The maximum Gasteiger partial charge on any atom is 0.338 e. The van der Waals surface area contributed by atoms with Crippen LogP contribution < -0.4 is 0 Å². The lowest BCUT2D eigenvalue weighted by Gasteiger charge is -2.08. The molecule has 0 aliphatic carbocycles. The second-order valence-corrected chi connectivity index (χ2v) is 4.34. The smallest absolute Gasteiger partial charge is 0.338 e. The van der Waals surface area contributed by atoms with Crippen LogP contribution in [0.15, 0.2) is 55.1 Å². The van der Waals surface area contributed by atoms with Crippen molar-refractivity contribution < 1.29 is 9.53 Å². The Morgan fingerprint density at radius 2 is 1.95 bits per heavy atom. The standard InChI is InChI=1S/C17H16O2/c1-3-14-9-10-16(13(2)11-14)17(18)19-12-15-7-5-4-6-8-15/h3-11H,1,12H2,2H3. The van der Waals surface area contributed by atoms with Gasteiger partial charge in [-0.25, -0.2) is 4.79 Å². The number of carbonyl (C=O) groups excluding carboxylic acids is 1. The Labute approximate surface area is 113 Å². The molecular formula is C17H16O2. The molecule has 96 valence electrons. The number of esters is 1. The predicted molar refractivity (Wildman–Crippen MR) is 76.8 cm³/mol. The highest BCUT2D eigenvalue weighted by atomic mass is 16.5. The summed E-state index contributed by atoms with van der Waals surface area (Å²) in [5, 5.41) is 0. The van der Waals surface area contributed by atoms with Crippen molar-refractivity contribution >= 4 is 12.0 Å². The third-order valence-corrected chi connectivity index (χ3v) is 2.92. The molecule has 0 bridgehead atoms. The van der Waals surface area contributed by atoms with Crippen molar-refractivity contribution in [2.75, 3.05) is 0 Å². The van der Waals surface area contributed by atoms with Gasteiger partial charge in [-0.1, -0.05) is 55.1 Å². The van der Waals surface area contributed by atoms with Crippen molar-refractivity contribution in [2.45, 2.75) is 13.5 Å². The SMILES string of the molecule is C=Cc1ccc(C(=O)OCc2ccccc2)c(C)c1. The van der Waals surface area contributed by atoms with Gasteiger partial charge in [0, 0.05) is 0 Å². The van der Waals surface area contributed by atoms with E-state index in [9.17, 15) is 4.79 Å². The fourth-order valence-electron chi connectivity index (χ4n) is 1.84. The molecule has 0 fully saturated rings. The lowest BCUT2D eigenvalue weighted by atomic mass is 10.1. The second kappa shape index (κ2) is 6.01. The second-order valence-electron chi connectivity index (χ2n) is 4.34. The molecule has 0 saturated heterocycles. The van der Waals surface area contributed by atoms with E-state index in [0.717, 1.165) is 16.7 Å². The van der Waals surface area contributed by atoms with Crippen LogP contribution in [0.2, 0.25) is 0 Å². The van der Waals surface area contributed by atoms with Gasteiger partial charge in [-0.3, -0.25) is 0 Å². The van der Waals surface area contributed by atoms with Crippen LogP contribution in [-0.2, 0) is 11.3 Å². The van der Waals surface area contributed by atoms with Gasteiger partial charge in [0.2, 0.25) is 0 Å². The van der Waals surface area contributed by atoms with Crippen LogP contribution in [0.4, 0.5) is 0 Å². The number of benzene rings is 2. The number of carbonyl (C=O) groups is 1. The van der Waals surface area contributed by atoms with Gasteiger partial charge in [0.25, 0.3) is 0 Å². The maximum absolute atomic E-state index is 12.0. The van der Waals surface area contributed by atoms with Gasteiger partial charge in [-0.05, 0) is 29.7 Å². The molecule has 2 aromatic rings. The van der Waals surface area contributed by atoms with E-state index in [1.54, 1.807) is 12.1 Å². The minimum Gasteiger partial charge on any atom is -0.457 e. The molecular weight excluding hydrogens is 236 g/mol. The highest BCUT2D eigenvalue weighted by Crippen LogP contribution is 2.14. The third kappa shape index (κ3) is 3.32. The summed E-state index contributed by atoms with van der Waals surface area (Å²) < 4.78 is 5.30. The molecule has 0 aliphatic rings. The van der Waals surface area contributed by atoms with Crippen LogP contribution in [0, 0.1) is 6.92 Å². The number of rotatable bonds is 4. The van der Waals surface area contributed by atoms with Crippen LogP contribution in [0.3, 0.4) is 0 Å². The van der Waals surface area contributed by atoms with Crippen LogP contribution in [0.1, 0.15) is 27.0 Å². The first-order chi connectivity index (χ1) is 9.20. The van der Waals surface area contributed by atoms with Crippen LogP contribution in [-0.4, -0.2) is 5.97 Å². The highest BCUT2D eigenvalue weighted by molar-refractivity contribution is 5.91. The summed E-state index contributed by atoms with van der Waals surface area (Å²) in [5.41, 5.74) is 3.48. The normalized spacial score (nSPS) is 9.95. The van der Waals surface area contributed by atoms with Gasteiger partial charge in [-0.15, -0.1) is 0 Å². The average Bonchev–Trinajstić information content (AvgIpc) is 2.45. The molecule has 0 amide bonds. The first-order valence-electron chi connectivity index (χ1n) is 6.15. The molecule has 0 atom stereocenters. The van der Waals surface area contributed by atoms with Crippen LogP contribution in [0.5, 0.6) is 0 Å². The molecule has 0 spiro atoms. The van der Waals surface area contributed by atoms with Crippen molar-refractivity contribution in [2.24, 2.45) is 0 Å². The molecule has 19 heavy (non-hydrogen) atoms.